The average Bonchev–Trinajstić information content (AvgIpc) is 3.06. The molecule has 0 atom stereocenters. The Bertz CT molecular complexity index is 1030. The molecular weight excluding hydrogens is 336 g/mol. The molecule has 0 fully saturated rings. The Labute approximate surface area is 147 Å². The topological polar surface area (TPSA) is 84.7 Å². The van der Waals surface area contributed by atoms with Gasteiger partial charge in [0.15, 0.2) is 0 Å². The first-order chi connectivity index (χ1) is 12.2. The molecule has 2 heterocycles. The maximum Gasteiger partial charge on any atom is 0.270 e. The van der Waals surface area contributed by atoms with Gasteiger partial charge in [-0.15, -0.1) is 0 Å². The minimum absolute atomic E-state index is 0.0285. The third-order valence-electron chi connectivity index (χ3n) is 3.67. The molecule has 2 aromatic carbocycles. The van der Waals surface area contributed by atoms with Gasteiger partial charge in [0.25, 0.3) is 5.69 Å². The summed E-state index contributed by atoms with van der Waals surface area (Å²) in [5.41, 5.74) is 2.41. The number of rotatable bonds is 4. The van der Waals surface area contributed by atoms with Crippen LogP contribution < -0.4 is 0 Å². The summed E-state index contributed by atoms with van der Waals surface area (Å²) in [4.78, 5) is 23.7. The molecule has 0 aliphatic carbocycles. The highest BCUT2D eigenvalue weighted by Gasteiger charge is 2.16. The summed E-state index contributed by atoms with van der Waals surface area (Å²) in [6.07, 6.45) is 1.72. The number of fused-ring (bicyclic) bond motifs is 1. The number of nitrogens with one attached hydrogen (secondary N) is 1. The fourth-order valence-electron chi connectivity index (χ4n) is 2.51. The Balaban J connectivity index is 1.85. The zero-order valence-electron chi connectivity index (χ0n) is 12.9. The van der Waals surface area contributed by atoms with Crippen LogP contribution in [0.5, 0.6) is 0 Å². The standard InChI is InChI=1S/C18H12N4O2S/c23-22(24)12-8-9-16(25-17-7-3-4-10-19-17)13(11-12)18-20-14-5-1-2-6-15(14)21-18/h1-11H,(H,20,21). The Morgan fingerprint density at radius 1 is 1.04 bits per heavy atom. The van der Waals surface area contributed by atoms with Crippen LogP contribution in [0.25, 0.3) is 22.4 Å². The highest BCUT2D eigenvalue weighted by atomic mass is 32.2. The van der Waals surface area contributed by atoms with Crippen LogP contribution in [-0.4, -0.2) is 19.9 Å². The number of pyridine rings is 1. The molecule has 25 heavy (non-hydrogen) atoms. The zero-order valence-corrected chi connectivity index (χ0v) is 13.7. The number of aromatic nitrogens is 3. The summed E-state index contributed by atoms with van der Waals surface area (Å²) in [6.45, 7) is 0. The molecule has 0 aliphatic heterocycles. The van der Waals surface area contributed by atoms with Gasteiger partial charge in [-0.05, 0) is 30.3 Å². The molecule has 122 valence electrons. The molecule has 2 aromatic heterocycles. The highest BCUT2D eigenvalue weighted by Crippen LogP contribution is 2.36. The van der Waals surface area contributed by atoms with Crippen molar-refractivity contribution in [3.63, 3.8) is 0 Å². The first-order valence-corrected chi connectivity index (χ1v) is 8.35. The number of hydrogen-bond acceptors (Lipinski definition) is 5. The molecule has 4 aromatic rings. The van der Waals surface area contributed by atoms with Crippen molar-refractivity contribution in [2.75, 3.05) is 0 Å². The third-order valence-corrected chi connectivity index (χ3v) is 4.70. The Kier molecular flexibility index (Phi) is 3.91. The second kappa shape index (κ2) is 6.37. The fourth-order valence-corrected chi connectivity index (χ4v) is 3.39. The van der Waals surface area contributed by atoms with E-state index >= 15 is 0 Å². The lowest BCUT2D eigenvalue weighted by Gasteiger charge is -2.06. The molecule has 0 saturated heterocycles. The summed E-state index contributed by atoms with van der Waals surface area (Å²) in [5.74, 6) is 0.600. The molecule has 0 unspecified atom stereocenters. The van der Waals surface area contributed by atoms with Crippen LogP contribution in [0.1, 0.15) is 0 Å². The van der Waals surface area contributed by atoms with Gasteiger partial charge in [0, 0.05) is 28.8 Å². The van der Waals surface area contributed by atoms with E-state index in [-0.39, 0.29) is 5.69 Å². The molecule has 7 heteroatoms. The maximum absolute atomic E-state index is 11.2. The molecule has 0 bridgehead atoms. The van der Waals surface area contributed by atoms with Crippen molar-refractivity contribution in [3.05, 3.63) is 77.0 Å². The van der Waals surface area contributed by atoms with Crippen LogP contribution in [0.4, 0.5) is 5.69 Å². The number of aromatic amines is 1. The van der Waals surface area contributed by atoms with E-state index in [1.807, 2.05) is 42.5 Å². The second-order valence-electron chi connectivity index (χ2n) is 5.31. The minimum atomic E-state index is -0.401. The van der Waals surface area contributed by atoms with E-state index in [0.717, 1.165) is 21.0 Å². The van der Waals surface area contributed by atoms with Crippen molar-refractivity contribution in [1.29, 1.82) is 0 Å². The molecule has 1 N–H and O–H groups in total. The van der Waals surface area contributed by atoms with Crippen LogP contribution in [0.3, 0.4) is 0 Å². The van der Waals surface area contributed by atoms with Gasteiger partial charge in [0.2, 0.25) is 0 Å². The molecule has 6 nitrogen and oxygen atoms in total. The van der Waals surface area contributed by atoms with Crippen LogP contribution in [-0.2, 0) is 0 Å². The molecule has 0 saturated carbocycles. The minimum Gasteiger partial charge on any atom is -0.338 e. The van der Waals surface area contributed by atoms with Crippen molar-refractivity contribution < 1.29 is 4.92 Å². The van der Waals surface area contributed by atoms with Gasteiger partial charge in [0.05, 0.1) is 16.0 Å². The number of non-ortho nitro benzene ring substituents is 1. The lowest BCUT2D eigenvalue weighted by Crippen LogP contribution is -1.92. The summed E-state index contributed by atoms with van der Waals surface area (Å²) < 4.78 is 0. The third kappa shape index (κ3) is 3.09. The molecule has 0 amide bonds. The highest BCUT2D eigenvalue weighted by molar-refractivity contribution is 7.99. The van der Waals surface area contributed by atoms with Crippen molar-refractivity contribution in [3.8, 4) is 11.4 Å². The Hall–Kier alpha value is -3.19. The van der Waals surface area contributed by atoms with Gasteiger partial charge in [0.1, 0.15) is 10.9 Å². The lowest BCUT2D eigenvalue weighted by atomic mass is 10.2. The van der Waals surface area contributed by atoms with E-state index in [2.05, 4.69) is 15.0 Å². The normalized spacial score (nSPS) is 10.9. The molecular formula is C18H12N4O2S. The summed E-state index contributed by atoms with van der Waals surface area (Å²) in [6, 6.07) is 18.1. The number of para-hydroxylation sites is 2. The van der Waals surface area contributed by atoms with Gasteiger partial charge >= 0.3 is 0 Å². The number of nitro groups is 1. The monoisotopic (exact) mass is 348 g/mol. The Morgan fingerprint density at radius 3 is 2.64 bits per heavy atom. The molecule has 4 rings (SSSR count). The van der Waals surface area contributed by atoms with E-state index in [1.165, 1.54) is 17.8 Å². The zero-order chi connectivity index (χ0) is 17.2. The summed E-state index contributed by atoms with van der Waals surface area (Å²) >= 11 is 1.45. The van der Waals surface area contributed by atoms with E-state index in [9.17, 15) is 10.1 Å². The average molecular weight is 348 g/mol. The second-order valence-corrected chi connectivity index (χ2v) is 6.37. The van der Waals surface area contributed by atoms with Crippen LogP contribution in [0, 0.1) is 10.1 Å². The van der Waals surface area contributed by atoms with Gasteiger partial charge in [-0.25, -0.2) is 9.97 Å². The van der Waals surface area contributed by atoms with Crippen molar-refractivity contribution >= 4 is 28.5 Å². The number of nitrogens with zero attached hydrogens (tertiary/aromatic N) is 3. The first-order valence-electron chi connectivity index (χ1n) is 7.53. The quantitative estimate of drug-likeness (QED) is 0.427. The Morgan fingerprint density at radius 2 is 1.88 bits per heavy atom. The predicted octanol–water partition coefficient (Wildman–Crippen LogP) is 4.68. The van der Waals surface area contributed by atoms with E-state index in [4.69, 9.17) is 0 Å². The predicted molar refractivity (Wildman–Crippen MR) is 96.5 cm³/mol. The number of hydrogen-bond donors (Lipinski definition) is 1. The lowest BCUT2D eigenvalue weighted by molar-refractivity contribution is -0.384. The number of nitro benzene ring substituents is 1. The smallest absolute Gasteiger partial charge is 0.270 e. The van der Waals surface area contributed by atoms with Crippen molar-refractivity contribution in [2.45, 2.75) is 9.92 Å². The van der Waals surface area contributed by atoms with Gasteiger partial charge in [-0.3, -0.25) is 10.1 Å². The fraction of sp³-hybridized carbons (Fsp3) is 0. The molecule has 0 radical (unpaired) electrons. The number of H-pyrrole nitrogens is 1. The van der Waals surface area contributed by atoms with Crippen LogP contribution in [0.2, 0.25) is 0 Å². The first kappa shape index (κ1) is 15.3. The van der Waals surface area contributed by atoms with Crippen molar-refractivity contribution in [2.24, 2.45) is 0 Å². The SMILES string of the molecule is O=[N+]([O-])c1ccc(Sc2ccccn2)c(-c2nc3ccccc3[nH]2)c1. The number of imidazole rings is 1. The van der Waals surface area contributed by atoms with Gasteiger partial charge in [-0.1, -0.05) is 30.0 Å². The van der Waals surface area contributed by atoms with Crippen LogP contribution in [0.15, 0.2) is 76.8 Å². The van der Waals surface area contributed by atoms with E-state index in [0.29, 0.717) is 11.4 Å². The maximum atomic E-state index is 11.2. The van der Waals surface area contributed by atoms with Crippen molar-refractivity contribution in [1.82, 2.24) is 15.0 Å². The number of benzene rings is 2. The van der Waals surface area contributed by atoms with E-state index < -0.39 is 4.92 Å². The van der Waals surface area contributed by atoms with Crippen LogP contribution >= 0.6 is 11.8 Å². The van der Waals surface area contributed by atoms with Gasteiger partial charge in [-0.2, -0.15) is 0 Å². The molecule has 0 aliphatic rings. The van der Waals surface area contributed by atoms with Gasteiger partial charge < -0.3 is 4.98 Å². The largest absolute Gasteiger partial charge is 0.338 e. The summed E-state index contributed by atoms with van der Waals surface area (Å²) in [5, 5.41) is 12.0. The summed E-state index contributed by atoms with van der Waals surface area (Å²) in [7, 11) is 0. The molecule has 0 spiro atoms. The van der Waals surface area contributed by atoms with E-state index in [1.54, 1.807) is 18.3 Å².